The first kappa shape index (κ1) is 19.9. The monoisotopic (exact) mass is 465 g/mol. The molecule has 33 heavy (non-hydrogen) atoms. The maximum absolute atomic E-state index is 15.6. The molecule has 0 unspecified atom stereocenters. The zero-order valence-electron chi connectivity index (χ0n) is 17.4. The molecule has 8 nitrogen and oxygen atoms in total. The van der Waals surface area contributed by atoms with E-state index in [4.69, 9.17) is 0 Å². The lowest BCUT2D eigenvalue weighted by molar-refractivity contribution is -0.117. The number of carbonyl (C=O) groups excluding carboxylic acids is 1. The number of fused-ring (bicyclic) bond motifs is 2. The predicted molar refractivity (Wildman–Crippen MR) is 118 cm³/mol. The molecular weight excluding hydrogens is 448 g/mol. The molecule has 5 aromatic heterocycles. The van der Waals surface area contributed by atoms with Gasteiger partial charge in [-0.3, -0.25) is 9.20 Å². The third-order valence-electron chi connectivity index (χ3n) is 5.54. The Kier molecular flexibility index (Phi) is 4.31. The highest BCUT2D eigenvalue weighted by Gasteiger charge is 2.41. The summed E-state index contributed by atoms with van der Waals surface area (Å²) in [5.41, 5.74) is 2.07. The highest BCUT2D eigenvalue weighted by Crippen LogP contribution is 2.35. The Bertz CT molecular complexity index is 1530. The second-order valence-corrected chi connectivity index (χ2v) is 9.05. The molecule has 0 atom stereocenters. The summed E-state index contributed by atoms with van der Waals surface area (Å²) in [7, 11) is 0. The van der Waals surface area contributed by atoms with E-state index in [1.807, 2.05) is 24.4 Å². The molecule has 1 aliphatic carbocycles. The van der Waals surface area contributed by atoms with Crippen LogP contribution >= 0.6 is 11.3 Å². The quantitative estimate of drug-likeness (QED) is 0.418. The van der Waals surface area contributed by atoms with Gasteiger partial charge in [-0.1, -0.05) is 0 Å². The number of amides is 1. The topological polar surface area (TPSA) is 89.5 Å². The van der Waals surface area contributed by atoms with Crippen molar-refractivity contribution in [2.75, 3.05) is 5.32 Å². The summed E-state index contributed by atoms with van der Waals surface area (Å²) < 4.78 is 33.7. The van der Waals surface area contributed by atoms with E-state index in [2.05, 4.69) is 25.6 Å². The van der Waals surface area contributed by atoms with Crippen LogP contribution in [-0.4, -0.2) is 35.1 Å². The van der Waals surface area contributed by atoms with E-state index in [0.717, 1.165) is 28.8 Å². The second-order valence-electron chi connectivity index (χ2n) is 8.14. The average Bonchev–Trinajstić information content (AvgIpc) is 3.22. The lowest BCUT2D eigenvalue weighted by Gasteiger charge is -2.14. The average molecular weight is 465 g/mol. The molecule has 5 heterocycles. The van der Waals surface area contributed by atoms with Gasteiger partial charge in [0.1, 0.15) is 5.69 Å². The van der Waals surface area contributed by atoms with E-state index in [0.29, 0.717) is 11.3 Å². The number of thiophene rings is 1. The number of imidazole rings is 1. The van der Waals surface area contributed by atoms with Crippen molar-refractivity contribution in [2.24, 2.45) is 5.92 Å². The number of rotatable bonds is 5. The molecule has 0 radical (unpaired) electrons. The zero-order chi connectivity index (χ0) is 22.7. The molecular formula is C22H17F2N7OS. The van der Waals surface area contributed by atoms with Gasteiger partial charge in [0.25, 0.3) is 0 Å². The Hall–Kier alpha value is -3.73. The van der Waals surface area contributed by atoms with Crippen LogP contribution in [0.5, 0.6) is 0 Å². The fraction of sp³-hybridized carbons (Fsp3) is 0.227. The van der Waals surface area contributed by atoms with Gasteiger partial charge in [-0.25, -0.2) is 9.50 Å². The Labute approximate surface area is 189 Å². The first-order chi connectivity index (χ1) is 15.9. The fourth-order valence-corrected chi connectivity index (χ4v) is 4.52. The van der Waals surface area contributed by atoms with Crippen molar-refractivity contribution in [2.45, 2.75) is 25.7 Å². The van der Waals surface area contributed by atoms with Crippen molar-refractivity contribution in [1.82, 2.24) is 29.2 Å². The molecule has 1 N–H and O–H groups in total. The molecule has 1 amide bonds. The van der Waals surface area contributed by atoms with Gasteiger partial charge in [-0.15, -0.1) is 21.5 Å². The van der Waals surface area contributed by atoms with Gasteiger partial charge < -0.3 is 5.32 Å². The first-order valence-corrected chi connectivity index (χ1v) is 11.2. The first-order valence-electron chi connectivity index (χ1n) is 10.3. The maximum atomic E-state index is 15.6. The zero-order valence-corrected chi connectivity index (χ0v) is 18.2. The Morgan fingerprint density at radius 1 is 1.15 bits per heavy atom. The highest BCUT2D eigenvalue weighted by molar-refractivity contribution is 7.13. The van der Waals surface area contributed by atoms with Crippen LogP contribution in [0.3, 0.4) is 0 Å². The van der Waals surface area contributed by atoms with E-state index in [1.54, 1.807) is 23.6 Å². The number of alkyl halides is 2. The minimum atomic E-state index is -3.51. The molecule has 166 valence electrons. The molecule has 0 bridgehead atoms. The van der Waals surface area contributed by atoms with E-state index in [-0.39, 0.29) is 17.6 Å². The van der Waals surface area contributed by atoms with E-state index in [1.165, 1.54) is 27.2 Å². The van der Waals surface area contributed by atoms with Crippen molar-refractivity contribution in [3.05, 3.63) is 65.2 Å². The number of nitrogens with one attached hydrogen (secondary N) is 1. The summed E-state index contributed by atoms with van der Waals surface area (Å²) in [6.45, 7) is 1.98. The number of nitrogens with zero attached hydrogens (tertiary/aromatic N) is 6. The predicted octanol–water partition coefficient (Wildman–Crippen LogP) is 4.30. The summed E-state index contributed by atoms with van der Waals surface area (Å²) in [4.78, 5) is 17.2. The second kappa shape index (κ2) is 7.14. The SMILES string of the molecule is Cc1csc(-c2ccc3nnc(C(F)(F)c4ccc5nc(NC(=O)C6CC6)cn5n4)n3c2)c1. The van der Waals surface area contributed by atoms with Gasteiger partial charge in [-0.05, 0) is 61.0 Å². The summed E-state index contributed by atoms with van der Waals surface area (Å²) in [6, 6.07) is 8.15. The third-order valence-corrected chi connectivity index (χ3v) is 6.64. The standard InChI is InChI=1S/C22H17F2N7OS/c1-12-8-15(33-11-12)14-4-6-19-27-28-21(30(19)9-14)22(23,24)16-5-7-18-25-17(10-31(18)29-16)26-20(32)13-2-3-13/h4-11,13H,2-3H2,1H3,(H,26,32). The smallest absolute Gasteiger partial charge is 0.309 e. The largest absolute Gasteiger partial charge is 0.350 e. The number of pyridine rings is 1. The van der Waals surface area contributed by atoms with E-state index >= 15 is 8.78 Å². The van der Waals surface area contributed by atoms with Crippen LogP contribution in [-0.2, 0) is 10.7 Å². The number of halogens is 2. The number of anilines is 1. The molecule has 1 aliphatic rings. The molecule has 1 fully saturated rings. The minimum Gasteiger partial charge on any atom is -0.309 e. The molecule has 0 saturated heterocycles. The van der Waals surface area contributed by atoms with Gasteiger partial charge in [-0.2, -0.15) is 13.9 Å². The van der Waals surface area contributed by atoms with Crippen molar-refractivity contribution in [3.8, 4) is 10.4 Å². The summed E-state index contributed by atoms with van der Waals surface area (Å²) in [5, 5.41) is 16.5. The van der Waals surface area contributed by atoms with Crippen molar-refractivity contribution in [3.63, 3.8) is 0 Å². The van der Waals surface area contributed by atoms with Gasteiger partial charge >= 0.3 is 5.92 Å². The molecule has 11 heteroatoms. The summed E-state index contributed by atoms with van der Waals surface area (Å²) in [5.74, 6) is -3.87. The Balaban J connectivity index is 1.38. The molecule has 5 aromatic rings. The molecule has 0 aliphatic heterocycles. The lowest BCUT2D eigenvalue weighted by Crippen LogP contribution is -2.22. The third kappa shape index (κ3) is 3.44. The molecule has 0 aromatic carbocycles. The lowest BCUT2D eigenvalue weighted by atomic mass is 10.2. The van der Waals surface area contributed by atoms with Crippen molar-refractivity contribution >= 4 is 34.4 Å². The maximum Gasteiger partial charge on any atom is 0.350 e. The fourth-order valence-electron chi connectivity index (χ4n) is 3.63. The van der Waals surface area contributed by atoms with Crippen molar-refractivity contribution in [1.29, 1.82) is 0 Å². The van der Waals surface area contributed by atoms with Crippen LogP contribution in [0, 0.1) is 12.8 Å². The van der Waals surface area contributed by atoms with Crippen LogP contribution in [0.1, 0.15) is 29.9 Å². The van der Waals surface area contributed by atoms with Crippen LogP contribution in [0.15, 0.2) is 48.1 Å². The molecule has 6 rings (SSSR count). The number of aryl methyl sites for hydroxylation is 1. The van der Waals surface area contributed by atoms with E-state index in [9.17, 15) is 4.79 Å². The number of aromatic nitrogens is 6. The minimum absolute atomic E-state index is 0.00636. The summed E-state index contributed by atoms with van der Waals surface area (Å²) >= 11 is 1.54. The normalized spacial score (nSPS) is 14.3. The van der Waals surface area contributed by atoms with Gasteiger partial charge in [0.15, 0.2) is 17.1 Å². The number of hydrogen-bond donors (Lipinski definition) is 1. The van der Waals surface area contributed by atoms with Gasteiger partial charge in [0.05, 0.1) is 6.20 Å². The van der Waals surface area contributed by atoms with Gasteiger partial charge in [0.2, 0.25) is 11.7 Å². The Morgan fingerprint density at radius 2 is 1.97 bits per heavy atom. The molecule has 1 saturated carbocycles. The van der Waals surface area contributed by atoms with E-state index < -0.39 is 17.4 Å². The molecule has 0 spiro atoms. The van der Waals surface area contributed by atoms with Crippen LogP contribution < -0.4 is 5.32 Å². The van der Waals surface area contributed by atoms with Crippen LogP contribution in [0.25, 0.3) is 21.7 Å². The number of hydrogen-bond acceptors (Lipinski definition) is 6. The van der Waals surface area contributed by atoms with Crippen LogP contribution in [0.4, 0.5) is 14.6 Å². The van der Waals surface area contributed by atoms with Crippen LogP contribution in [0.2, 0.25) is 0 Å². The summed E-state index contributed by atoms with van der Waals surface area (Å²) in [6.07, 6.45) is 4.75. The highest BCUT2D eigenvalue weighted by atomic mass is 32.1. The number of carbonyl (C=O) groups is 1. The van der Waals surface area contributed by atoms with Crippen molar-refractivity contribution < 1.29 is 13.6 Å². The Morgan fingerprint density at radius 3 is 2.73 bits per heavy atom. The van der Waals surface area contributed by atoms with Gasteiger partial charge in [0, 0.05) is 22.6 Å².